The van der Waals surface area contributed by atoms with Crippen LogP contribution < -0.4 is 4.74 Å². The van der Waals surface area contributed by atoms with Crippen molar-refractivity contribution < 1.29 is 4.74 Å². The van der Waals surface area contributed by atoms with Crippen molar-refractivity contribution in [2.24, 2.45) is 0 Å². The van der Waals surface area contributed by atoms with Crippen LogP contribution in [-0.4, -0.2) is 12.1 Å². The van der Waals surface area contributed by atoms with E-state index in [2.05, 4.69) is 78.9 Å². The van der Waals surface area contributed by atoms with Crippen LogP contribution in [0.4, 0.5) is 0 Å². The van der Waals surface area contributed by atoms with Gasteiger partial charge in [0.15, 0.2) is 0 Å². The van der Waals surface area contributed by atoms with E-state index in [4.69, 9.17) is 9.72 Å². The van der Waals surface area contributed by atoms with E-state index in [1.807, 2.05) is 12.1 Å². The van der Waals surface area contributed by atoms with Gasteiger partial charge in [0.1, 0.15) is 5.75 Å². The molecule has 0 radical (unpaired) electrons. The zero-order valence-electron chi connectivity index (χ0n) is 17.5. The molecule has 0 amide bonds. The van der Waals surface area contributed by atoms with Gasteiger partial charge in [-0.3, -0.25) is 0 Å². The number of ether oxygens (including phenoxy) is 1. The molecule has 1 aromatic heterocycles. The van der Waals surface area contributed by atoms with Crippen molar-refractivity contribution in [1.29, 1.82) is 0 Å². The number of pyridine rings is 1. The van der Waals surface area contributed by atoms with Gasteiger partial charge in [0.05, 0.1) is 18.5 Å². The molecule has 1 saturated carbocycles. The summed E-state index contributed by atoms with van der Waals surface area (Å²) in [6, 6.07) is 32.2. The number of hydrogen-bond acceptors (Lipinski definition) is 2. The Hall–Kier alpha value is -3.65. The maximum Gasteiger partial charge on any atom is 0.118 e. The van der Waals surface area contributed by atoms with Crippen LogP contribution >= 0.6 is 0 Å². The smallest absolute Gasteiger partial charge is 0.118 e. The summed E-state index contributed by atoms with van der Waals surface area (Å²) in [6.45, 7) is 0. The molecule has 0 aliphatic heterocycles. The number of rotatable bonds is 4. The van der Waals surface area contributed by atoms with Gasteiger partial charge in [-0.2, -0.15) is 0 Å². The molecular formula is C29H23NO. The molecule has 0 N–H and O–H groups in total. The van der Waals surface area contributed by atoms with Crippen LogP contribution in [0, 0.1) is 0 Å². The van der Waals surface area contributed by atoms with Crippen LogP contribution in [0.3, 0.4) is 0 Å². The quantitative estimate of drug-likeness (QED) is 0.289. The molecule has 2 heteroatoms. The van der Waals surface area contributed by atoms with Gasteiger partial charge in [0.25, 0.3) is 0 Å². The second kappa shape index (κ2) is 7.24. The van der Waals surface area contributed by atoms with Crippen molar-refractivity contribution in [3.63, 3.8) is 0 Å². The van der Waals surface area contributed by atoms with Gasteiger partial charge >= 0.3 is 0 Å². The van der Waals surface area contributed by atoms with E-state index < -0.39 is 0 Å². The average molecular weight is 402 g/mol. The highest BCUT2D eigenvalue weighted by Crippen LogP contribution is 2.49. The highest BCUT2D eigenvalue weighted by Gasteiger charge is 2.30. The number of hydrogen-bond donors (Lipinski definition) is 0. The van der Waals surface area contributed by atoms with Crippen LogP contribution in [0.1, 0.15) is 24.3 Å². The van der Waals surface area contributed by atoms with E-state index in [1.165, 1.54) is 45.5 Å². The molecule has 0 bridgehead atoms. The van der Waals surface area contributed by atoms with E-state index in [0.29, 0.717) is 5.92 Å². The van der Waals surface area contributed by atoms with Crippen molar-refractivity contribution in [3.05, 3.63) is 96.6 Å². The molecule has 1 heterocycles. The molecule has 0 unspecified atom stereocenters. The number of fused-ring (bicyclic) bond motifs is 2. The average Bonchev–Trinajstić information content (AvgIpc) is 3.67. The number of benzene rings is 4. The predicted molar refractivity (Wildman–Crippen MR) is 129 cm³/mol. The minimum Gasteiger partial charge on any atom is -0.497 e. The first kappa shape index (κ1) is 18.1. The molecule has 1 fully saturated rings. The molecule has 31 heavy (non-hydrogen) atoms. The molecule has 5 aromatic rings. The summed E-state index contributed by atoms with van der Waals surface area (Å²) in [5.74, 6) is 1.45. The monoisotopic (exact) mass is 401 g/mol. The summed E-state index contributed by atoms with van der Waals surface area (Å²) >= 11 is 0. The molecule has 6 rings (SSSR count). The number of nitrogens with zero attached hydrogens (tertiary/aromatic N) is 1. The van der Waals surface area contributed by atoms with E-state index in [0.717, 1.165) is 22.7 Å². The molecular weight excluding hydrogens is 378 g/mol. The fraction of sp³-hybridized carbons (Fsp3) is 0.138. The predicted octanol–water partition coefficient (Wildman–Crippen LogP) is 7.61. The van der Waals surface area contributed by atoms with E-state index in [-0.39, 0.29) is 0 Å². The first-order chi connectivity index (χ1) is 15.3. The molecule has 0 spiro atoms. The first-order valence-corrected chi connectivity index (χ1v) is 10.9. The van der Waals surface area contributed by atoms with Crippen LogP contribution in [0.5, 0.6) is 5.75 Å². The number of aromatic nitrogens is 1. The lowest BCUT2D eigenvalue weighted by molar-refractivity contribution is 0.415. The highest BCUT2D eigenvalue weighted by atomic mass is 16.5. The molecule has 1 aliphatic carbocycles. The maximum absolute atomic E-state index is 5.38. The third-order valence-electron chi connectivity index (χ3n) is 6.31. The Morgan fingerprint density at radius 3 is 1.94 bits per heavy atom. The fourth-order valence-corrected chi connectivity index (χ4v) is 4.59. The zero-order chi connectivity index (χ0) is 20.8. The van der Waals surface area contributed by atoms with Gasteiger partial charge in [-0.15, -0.1) is 0 Å². The number of methoxy groups -OCH3 is 1. The van der Waals surface area contributed by atoms with Gasteiger partial charge in [-0.1, -0.05) is 54.6 Å². The van der Waals surface area contributed by atoms with Gasteiger partial charge in [-0.25, -0.2) is 4.98 Å². The summed E-state index contributed by atoms with van der Waals surface area (Å²) in [7, 11) is 1.70. The Bertz CT molecular complexity index is 1400. The fourth-order valence-electron chi connectivity index (χ4n) is 4.59. The van der Waals surface area contributed by atoms with Crippen molar-refractivity contribution in [3.8, 4) is 28.3 Å². The van der Waals surface area contributed by atoms with Crippen LogP contribution in [0.15, 0.2) is 91.0 Å². The summed E-state index contributed by atoms with van der Waals surface area (Å²) in [6.07, 6.45) is 2.48. The Morgan fingerprint density at radius 1 is 0.677 bits per heavy atom. The largest absolute Gasteiger partial charge is 0.497 e. The van der Waals surface area contributed by atoms with E-state index in [1.54, 1.807) is 7.11 Å². The summed E-state index contributed by atoms with van der Waals surface area (Å²) in [4.78, 5) is 5.32. The SMILES string of the molecule is COc1ccc(-c2nc(-c3ccccc3)c(C3CC3)c3cc4ccccc4cc23)cc1. The minimum atomic E-state index is 0.594. The van der Waals surface area contributed by atoms with Crippen molar-refractivity contribution in [2.45, 2.75) is 18.8 Å². The Labute approximate surface area is 182 Å². The van der Waals surface area contributed by atoms with Gasteiger partial charge < -0.3 is 4.74 Å². The molecule has 150 valence electrons. The second-order valence-electron chi connectivity index (χ2n) is 8.34. The van der Waals surface area contributed by atoms with Gasteiger partial charge in [0.2, 0.25) is 0 Å². The van der Waals surface area contributed by atoms with Crippen LogP contribution in [0.25, 0.3) is 44.1 Å². The summed E-state index contributed by atoms with van der Waals surface area (Å²) in [5, 5.41) is 5.09. The zero-order valence-corrected chi connectivity index (χ0v) is 17.5. The van der Waals surface area contributed by atoms with Crippen molar-refractivity contribution in [2.75, 3.05) is 7.11 Å². The summed E-state index contributed by atoms with van der Waals surface area (Å²) in [5.41, 5.74) is 5.86. The third kappa shape index (κ3) is 3.16. The maximum atomic E-state index is 5.38. The Morgan fingerprint density at radius 2 is 1.29 bits per heavy atom. The minimum absolute atomic E-state index is 0.594. The Balaban J connectivity index is 1.73. The summed E-state index contributed by atoms with van der Waals surface area (Å²) < 4.78 is 5.38. The highest BCUT2D eigenvalue weighted by molar-refractivity contribution is 6.07. The van der Waals surface area contributed by atoms with Crippen LogP contribution in [-0.2, 0) is 0 Å². The van der Waals surface area contributed by atoms with E-state index >= 15 is 0 Å². The second-order valence-corrected chi connectivity index (χ2v) is 8.34. The van der Waals surface area contributed by atoms with Gasteiger partial charge in [0, 0.05) is 16.5 Å². The third-order valence-corrected chi connectivity index (χ3v) is 6.31. The Kier molecular flexibility index (Phi) is 4.24. The molecule has 0 saturated heterocycles. The topological polar surface area (TPSA) is 22.1 Å². The van der Waals surface area contributed by atoms with E-state index in [9.17, 15) is 0 Å². The van der Waals surface area contributed by atoms with Crippen molar-refractivity contribution in [1.82, 2.24) is 4.98 Å². The first-order valence-electron chi connectivity index (χ1n) is 10.9. The standard InChI is InChI=1S/C29H23NO/c1-31-24-15-13-21(14-16-24)28-26-18-23-10-6-5-9-22(23)17-25(26)27(19-11-12-19)29(30-28)20-7-3-2-4-8-20/h2-10,13-19H,11-12H2,1H3. The lowest BCUT2D eigenvalue weighted by atomic mass is 9.91. The van der Waals surface area contributed by atoms with Gasteiger partial charge in [-0.05, 0) is 76.9 Å². The molecule has 1 aliphatic rings. The van der Waals surface area contributed by atoms with Crippen LogP contribution in [0.2, 0.25) is 0 Å². The lowest BCUT2D eigenvalue weighted by Gasteiger charge is -2.17. The lowest BCUT2D eigenvalue weighted by Crippen LogP contribution is -1.98. The molecule has 2 nitrogen and oxygen atoms in total. The molecule has 0 atom stereocenters. The van der Waals surface area contributed by atoms with Crippen molar-refractivity contribution >= 4 is 21.5 Å². The normalized spacial score (nSPS) is 13.6. The molecule has 4 aromatic carbocycles.